The maximum Gasteiger partial charge on any atom is 0.243 e. The molecule has 1 saturated heterocycles. The van der Waals surface area contributed by atoms with Gasteiger partial charge in [-0.1, -0.05) is 26.0 Å². The second kappa shape index (κ2) is 8.90. The van der Waals surface area contributed by atoms with Crippen molar-refractivity contribution in [3.8, 4) is 0 Å². The molecule has 8 heteroatoms. The SMILES string of the molecule is CCN(CC)S(=O)(=O)c1ccc(CNC(=O)C2CC23CCNCC3)cc1.Cl. The number of amides is 1. The number of sulfonamides is 1. The number of benzene rings is 1. The zero-order valence-electron chi connectivity index (χ0n) is 16.0. The number of piperidine rings is 1. The van der Waals surface area contributed by atoms with E-state index in [4.69, 9.17) is 0 Å². The zero-order chi connectivity index (χ0) is 18.8. The van der Waals surface area contributed by atoms with Crippen LogP contribution in [-0.2, 0) is 21.4 Å². The summed E-state index contributed by atoms with van der Waals surface area (Å²) in [5, 5.41) is 6.36. The molecule has 152 valence electrons. The van der Waals surface area contributed by atoms with Crippen molar-refractivity contribution in [2.45, 2.75) is 44.6 Å². The van der Waals surface area contributed by atoms with E-state index in [9.17, 15) is 13.2 Å². The molecule has 1 aromatic carbocycles. The maximum absolute atomic E-state index is 12.5. The summed E-state index contributed by atoms with van der Waals surface area (Å²) in [6.45, 7) is 7.02. The van der Waals surface area contributed by atoms with E-state index in [1.807, 2.05) is 13.8 Å². The topological polar surface area (TPSA) is 78.5 Å². The van der Waals surface area contributed by atoms with Crippen molar-refractivity contribution in [3.63, 3.8) is 0 Å². The van der Waals surface area contributed by atoms with Crippen LogP contribution < -0.4 is 10.6 Å². The van der Waals surface area contributed by atoms with Crippen molar-refractivity contribution in [3.05, 3.63) is 29.8 Å². The number of rotatable bonds is 7. The molecule has 6 nitrogen and oxygen atoms in total. The van der Waals surface area contributed by atoms with Crippen LogP contribution in [-0.4, -0.2) is 44.8 Å². The molecule has 1 atom stereocenters. The van der Waals surface area contributed by atoms with E-state index in [1.165, 1.54) is 4.31 Å². The molecule has 1 aromatic rings. The molecule has 2 N–H and O–H groups in total. The highest BCUT2D eigenvalue weighted by atomic mass is 35.5. The average Bonchev–Trinajstić information content (AvgIpc) is 3.34. The van der Waals surface area contributed by atoms with Gasteiger partial charge < -0.3 is 10.6 Å². The third kappa shape index (κ3) is 4.65. The number of carbonyl (C=O) groups is 1. The average molecular weight is 416 g/mol. The highest BCUT2D eigenvalue weighted by Gasteiger charge is 2.57. The summed E-state index contributed by atoms with van der Waals surface area (Å²) in [4.78, 5) is 12.7. The lowest BCUT2D eigenvalue weighted by molar-refractivity contribution is -0.123. The second-order valence-corrected chi connectivity index (χ2v) is 9.26. The van der Waals surface area contributed by atoms with Gasteiger partial charge in [0.15, 0.2) is 0 Å². The van der Waals surface area contributed by atoms with Crippen molar-refractivity contribution in [1.29, 1.82) is 0 Å². The van der Waals surface area contributed by atoms with Crippen molar-refractivity contribution in [2.24, 2.45) is 11.3 Å². The Balaban J connectivity index is 0.00000261. The minimum absolute atomic E-state index is 0. The lowest BCUT2D eigenvalue weighted by Gasteiger charge is -2.23. The quantitative estimate of drug-likeness (QED) is 0.715. The Hall–Kier alpha value is -1.15. The molecule has 1 aliphatic heterocycles. The summed E-state index contributed by atoms with van der Waals surface area (Å²) >= 11 is 0. The molecule has 1 unspecified atom stereocenters. The van der Waals surface area contributed by atoms with Crippen LogP contribution in [0.2, 0.25) is 0 Å². The number of carbonyl (C=O) groups excluding carboxylic acids is 1. The maximum atomic E-state index is 12.5. The molecule has 0 bridgehead atoms. The standard InChI is InChI=1S/C19H29N3O3S.ClH/c1-3-22(4-2)26(24,25)16-7-5-15(6-8-16)14-21-18(23)17-13-19(17)9-11-20-12-10-19;/h5-8,17,20H,3-4,9-14H2,1-2H3,(H,21,23);1H. The second-order valence-electron chi connectivity index (χ2n) is 7.32. The molecule has 1 heterocycles. The third-order valence-corrected chi connectivity index (χ3v) is 7.90. The van der Waals surface area contributed by atoms with Crippen LogP contribution in [0.25, 0.3) is 0 Å². The summed E-state index contributed by atoms with van der Waals surface area (Å²) < 4.78 is 26.4. The molecule has 1 amide bonds. The van der Waals surface area contributed by atoms with Crippen LogP contribution in [0.4, 0.5) is 0 Å². The molecule has 2 aliphatic rings. The van der Waals surface area contributed by atoms with Crippen LogP contribution in [0.3, 0.4) is 0 Å². The van der Waals surface area contributed by atoms with Crippen LogP contribution in [0.1, 0.15) is 38.7 Å². The number of nitrogens with zero attached hydrogens (tertiary/aromatic N) is 1. The van der Waals surface area contributed by atoms with Crippen molar-refractivity contribution in [1.82, 2.24) is 14.9 Å². The lowest BCUT2D eigenvalue weighted by atomic mass is 9.92. The molecule has 2 fully saturated rings. The van der Waals surface area contributed by atoms with Gasteiger partial charge in [0.05, 0.1) is 4.90 Å². The van der Waals surface area contributed by atoms with Crippen molar-refractivity contribution in [2.75, 3.05) is 26.2 Å². The van der Waals surface area contributed by atoms with Gasteiger partial charge in [0, 0.05) is 25.6 Å². The largest absolute Gasteiger partial charge is 0.352 e. The van der Waals surface area contributed by atoms with Crippen LogP contribution in [0, 0.1) is 11.3 Å². The van der Waals surface area contributed by atoms with E-state index in [2.05, 4.69) is 10.6 Å². The summed E-state index contributed by atoms with van der Waals surface area (Å²) in [6.07, 6.45) is 3.17. The molecule has 1 spiro atoms. The Bertz CT molecular complexity index is 742. The van der Waals surface area contributed by atoms with Gasteiger partial charge in [0.2, 0.25) is 15.9 Å². The Kier molecular flexibility index (Phi) is 7.30. The Morgan fingerprint density at radius 1 is 1.19 bits per heavy atom. The van der Waals surface area contributed by atoms with E-state index in [-0.39, 0.29) is 29.6 Å². The van der Waals surface area contributed by atoms with Crippen molar-refractivity contribution < 1.29 is 13.2 Å². The lowest BCUT2D eigenvalue weighted by Crippen LogP contribution is -2.33. The number of hydrogen-bond donors (Lipinski definition) is 2. The molecule has 0 radical (unpaired) electrons. The summed E-state index contributed by atoms with van der Waals surface area (Å²) in [5.74, 6) is 0.277. The van der Waals surface area contributed by atoms with Gasteiger partial charge in [0.25, 0.3) is 0 Å². The van der Waals surface area contributed by atoms with Gasteiger partial charge in [0.1, 0.15) is 0 Å². The Morgan fingerprint density at radius 2 is 1.78 bits per heavy atom. The first kappa shape index (κ1) is 22.1. The number of hydrogen-bond acceptors (Lipinski definition) is 4. The van der Waals surface area contributed by atoms with E-state index < -0.39 is 10.0 Å². The highest BCUT2D eigenvalue weighted by Crippen LogP contribution is 2.58. The Labute approximate surface area is 168 Å². The summed E-state index contributed by atoms with van der Waals surface area (Å²) in [6, 6.07) is 6.81. The van der Waals surface area contributed by atoms with Gasteiger partial charge >= 0.3 is 0 Å². The molecule has 1 aliphatic carbocycles. The molecular weight excluding hydrogens is 386 g/mol. The van der Waals surface area contributed by atoms with Gasteiger partial charge in [-0.3, -0.25) is 4.79 Å². The smallest absolute Gasteiger partial charge is 0.243 e. The van der Waals surface area contributed by atoms with Gasteiger partial charge in [-0.05, 0) is 55.5 Å². The normalized spacial score (nSPS) is 20.9. The fraction of sp³-hybridized carbons (Fsp3) is 0.632. The monoisotopic (exact) mass is 415 g/mol. The van der Waals surface area contributed by atoms with Crippen LogP contribution >= 0.6 is 12.4 Å². The Morgan fingerprint density at radius 3 is 2.33 bits per heavy atom. The van der Waals surface area contributed by atoms with E-state index in [1.54, 1.807) is 24.3 Å². The van der Waals surface area contributed by atoms with E-state index >= 15 is 0 Å². The van der Waals surface area contributed by atoms with Crippen LogP contribution in [0.15, 0.2) is 29.2 Å². The molecule has 27 heavy (non-hydrogen) atoms. The number of halogens is 1. The minimum atomic E-state index is -3.43. The van der Waals surface area contributed by atoms with E-state index in [0.717, 1.165) is 37.9 Å². The summed E-state index contributed by atoms with van der Waals surface area (Å²) in [7, 11) is -3.43. The fourth-order valence-corrected chi connectivity index (χ4v) is 5.46. The number of nitrogens with one attached hydrogen (secondary N) is 2. The van der Waals surface area contributed by atoms with Gasteiger partial charge in [-0.2, -0.15) is 4.31 Å². The molecular formula is C19H30ClN3O3S. The third-order valence-electron chi connectivity index (χ3n) is 5.84. The summed E-state index contributed by atoms with van der Waals surface area (Å²) in [5.41, 5.74) is 1.15. The predicted molar refractivity (Wildman–Crippen MR) is 108 cm³/mol. The zero-order valence-corrected chi connectivity index (χ0v) is 17.7. The van der Waals surface area contributed by atoms with Gasteiger partial charge in [-0.15, -0.1) is 12.4 Å². The first-order chi connectivity index (χ1) is 12.4. The van der Waals surface area contributed by atoms with E-state index in [0.29, 0.717) is 24.5 Å². The van der Waals surface area contributed by atoms with Gasteiger partial charge in [-0.25, -0.2) is 8.42 Å². The molecule has 0 aromatic heterocycles. The molecule has 1 saturated carbocycles. The van der Waals surface area contributed by atoms with Crippen molar-refractivity contribution >= 4 is 28.3 Å². The highest BCUT2D eigenvalue weighted by molar-refractivity contribution is 7.89. The first-order valence-corrected chi connectivity index (χ1v) is 10.9. The minimum Gasteiger partial charge on any atom is -0.352 e. The van der Waals surface area contributed by atoms with Crippen LogP contribution in [0.5, 0.6) is 0 Å². The molecule has 3 rings (SSSR count). The fourth-order valence-electron chi connectivity index (χ4n) is 4.00. The first-order valence-electron chi connectivity index (χ1n) is 9.50. The predicted octanol–water partition coefficient (Wildman–Crippen LogP) is 2.14.